The lowest BCUT2D eigenvalue weighted by Crippen LogP contribution is -2.10. The van der Waals surface area contributed by atoms with E-state index in [9.17, 15) is 4.79 Å². The molecule has 88 valence electrons. The number of carbonyl (C=O) groups is 1. The second-order valence-electron chi connectivity index (χ2n) is 3.72. The van der Waals surface area contributed by atoms with Crippen LogP contribution in [0.1, 0.15) is 52.9 Å². The molecule has 0 fully saturated rings. The smallest absolute Gasteiger partial charge is 0.311 e. The standard InChI is InChI=1S/C12H23NO2/c1-4-6-8-13-11(3)10-12(14)15-9-7-5-2/h4-10H2,1-3H3/b13-11-. The molecule has 0 unspecified atom stereocenters. The topological polar surface area (TPSA) is 38.7 Å². The SMILES string of the molecule is CCCC/N=C(/C)CC(=O)OCCCC. The molecule has 0 aliphatic carbocycles. The number of hydrogen-bond acceptors (Lipinski definition) is 3. The zero-order chi connectivity index (χ0) is 11.5. The van der Waals surface area contributed by atoms with Gasteiger partial charge in [-0.05, 0) is 19.8 Å². The molecule has 3 nitrogen and oxygen atoms in total. The quantitative estimate of drug-likeness (QED) is 0.353. The summed E-state index contributed by atoms with van der Waals surface area (Å²) >= 11 is 0. The van der Waals surface area contributed by atoms with Crippen molar-refractivity contribution < 1.29 is 9.53 Å². The van der Waals surface area contributed by atoms with Crippen molar-refractivity contribution in [2.45, 2.75) is 52.9 Å². The second kappa shape index (κ2) is 9.69. The molecule has 0 radical (unpaired) electrons. The van der Waals surface area contributed by atoms with Crippen LogP contribution in [0, 0.1) is 0 Å². The second-order valence-corrected chi connectivity index (χ2v) is 3.72. The van der Waals surface area contributed by atoms with Crippen molar-refractivity contribution in [3.05, 3.63) is 0 Å². The molecule has 0 amide bonds. The van der Waals surface area contributed by atoms with Crippen LogP contribution in [-0.4, -0.2) is 24.8 Å². The number of carbonyl (C=O) groups excluding carboxylic acids is 1. The molecule has 0 rings (SSSR count). The van der Waals surface area contributed by atoms with Gasteiger partial charge in [-0.3, -0.25) is 9.79 Å². The summed E-state index contributed by atoms with van der Waals surface area (Å²) in [6.45, 7) is 7.45. The minimum absolute atomic E-state index is 0.152. The Bertz CT molecular complexity index is 200. The minimum atomic E-state index is -0.152. The third-order valence-electron chi connectivity index (χ3n) is 2.05. The van der Waals surface area contributed by atoms with Crippen LogP contribution in [-0.2, 0) is 9.53 Å². The summed E-state index contributed by atoms with van der Waals surface area (Å²) in [5.74, 6) is -0.152. The van der Waals surface area contributed by atoms with E-state index in [2.05, 4.69) is 18.8 Å². The van der Waals surface area contributed by atoms with E-state index in [4.69, 9.17) is 4.74 Å². The highest BCUT2D eigenvalue weighted by atomic mass is 16.5. The van der Waals surface area contributed by atoms with Gasteiger partial charge < -0.3 is 4.74 Å². The first kappa shape index (κ1) is 14.1. The molecular weight excluding hydrogens is 190 g/mol. The fourth-order valence-electron chi connectivity index (χ4n) is 1.07. The summed E-state index contributed by atoms with van der Waals surface area (Å²) in [5.41, 5.74) is 0.880. The monoisotopic (exact) mass is 213 g/mol. The van der Waals surface area contributed by atoms with Gasteiger partial charge >= 0.3 is 5.97 Å². The van der Waals surface area contributed by atoms with Gasteiger partial charge in [0.15, 0.2) is 0 Å². The van der Waals surface area contributed by atoms with Crippen molar-refractivity contribution in [3.63, 3.8) is 0 Å². The predicted octanol–water partition coefficient (Wildman–Crippen LogP) is 2.98. The Morgan fingerprint density at radius 3 is 2.47 bits per heavy atom. The van der Waals surface area contributed by atoms with Gasteiger partial charge in [0.2, 0.25) is 0 Å². The maximum atomic E-state index is 11.3. The van der Waals surface area contributed by atoms with E-state index in [1.807, 2.05) is 6.92 Å². The average molecular weight is 213 g/mol. The van der Waals surface area contributed by atoms with Crippen LogP contribution in [0.3, 0.4) is 0 Å². The van der Waals surface area contributed by atoms with Crippen LogP contribution in [0.4, 0.5) is 0 Å². The highest BCUT2D eigenvalue weighted by molar-refractivity contribution is 5.97. The van der Waals surface area contributed by atoms with Crippen molar-refractivity contribution in [1.29, 1.82) is 0 Å². The van der Waals surface area contributed by atoms with Crippen LogP contribution in [0.2, 0.25) is 0 Å². The van der Waals surface area contributed by atoms with Crippen LogP contribution in [0.15, 0.2) is 4.99 Å². The van der Waals surface area contributed by atoms with Crippen molar-refractivity contribution in [2.24, 2.45) is 4.99 Å². The third-order valence-corrected chi connectivity index (χ3v) is 2.05. The highest BCUT2D eigenvalue weighted by Crippen LogP contribution is 1.96. The first-order chi connectivity index (χ1) is 7.20. The number of nitrogens with zero attached hydrogens (tertiary/aromatic N) is 1. The van der Waals surface area contributed by atoms with E-state index in [1.54, 1.807) is 0 Å². The van der Waals surface area contributed by atoms with Gasteiger partial charge in [-0.25, -0.2) is 0 Å². The molecule has 0 bridgehead atoms. The third kappa shape index (κ3) is 9.44. The summed E-state index contributed by atoms with van der Waals surface area (Å²) in [6.07, 6.45) is 4.56. The summed E-state index contributed by atoms with van der Waals surface area (Å²) in [6, 6.07) is 0. The molecule has 0 aliphatic rings. The molecule has 0 N–H and O–H groups in total. The lowest BCUT2D eigenvalue weighted by Gasteiger charge is -2.03. The Kier molecular flexibility index (Phi) is 9.13. The molecule has 0 aromatic heterocycles. The van der Waals surface area contributed by atoms with Crippen molar-refractivity contribution in [1.82, 2.24) is 0 Å². The Balaban J connectivity index is 3.60. The Hall–Kier alpha value is -0.860. The van der Waals surface area contributed by atoms with Crippen LogP contribution in [0.25, 0.3) is 0 Å². The minimum Gasteiger partial charge on any atom is -0.465 e. The molecule has 0 spiro atoms. The van der Waals surface area contributed by atoms with Crippen molar-refractivity contribution in [2.75, 3.05) is 13.2 Å². The van der Waals surface area contributed by atoms with Gasteiger partial charge in [-0.2, -0.15) is 0 Å². The molecule has 15 heavy (non-hydrogen) atoms. The van der Waals surface area contributed by atoms with Crippen molar-refractivity contribution in [3.8, 4) is 0 Å². The largest absolute Gasteiger partial charge is 0.465 e. The average Bonchev–Trinajstić information content (AvgIpc) is 2.18. The van der Waals surface area contributed by atoms with E-state index in [0.717, 1.165) is 37.9 Å². The summed E-state index contributed by atoms with van der Waals surface area (Å²) < 4.78 is 5.04. The van der Waals surface area contributed by atoms with Gasteiger partial charge in [0.05, 0.1) is 13.0 Å². The fourth-order valence-corrected chi connectivity index (χ4v) is 1.07. The number of hydrogen-bond donors (Lipinski definition) is 0. The number of ether oxygens (including phenoxy) is 1. The Morgan fingerprint density at radius 1 is 1.20 bits per heavy atom. The zero-order valence-electron chi connectivity index (χ0n) is 10.2. The van der Waals surface area contributed by atoms with Crippen molar-refractivity contribution >= 4 is 11.7 Å². The predicted molar refractivity (Wildman–Crippen MR) is 63.4 cm³/mol. The molecule has 0 aliphatic heterocycles. The number of esters is 1. The van der Waals surface area contributed by atoms with E-state index >= 15 is 0 Å². The van der Waals surface area contributed by atoms with Gasteiger partial charge in [-0.1, -0.05) is 26.7 Å². The van der Waals surface area contributed by atoms with Gasteiger partial charge in [-0.15, -0.1) is 0 Å². The van der Waals surface area contributed by atoms with Gasteiger partial charge in [0.25, 0.3) is 0 Å². The van der Waals surface area contributed by atoms with E-state index in [1.165, 1.54) is 0 Å². The zero-order valence-corrected chi connectivity index (χ0v) is 10.2. The molecule has 0 atom stereocenters. The summed E-state index contributed by atoms with van der Waals surface area (Å²) in [7, 11) is 0. The Morgan fingerprint density at radius 2 is 1.87 bits per heavy atom. The summed E-state index contributed by atoms with van der Waals surface area (Å²) in [5, 5.41) is 0. The highest BCUT2D eigenvalue weighted by Gasteiger charge is 2.03. The number of rotatable bonds is 8. The maximum absolute atomic E-state index is 11.3. The lowest BCUT2D eigenvalue weighted by molar-refractivity contribution is -0.142. The molecule has 0 heterocycles. The van der Waals surface area contributed by atoms with E-state index in [0.29, 0.717) is 13.0 Å². The molecule has 0 aromatic rings. The van der Waals surface area contributed by atoms with E-state index < -0.39 is 0 Å². The Labute approximate surface area is 92.9 Å². The number of aliphatic imine (C=N–C) groups is 1. The lowest BCUT2D eigenvalue weighted by atomic mass is 10.3. The van der Waals surface area contributed by atoms with E-state index in [-0.39, 0.29) is 5.97 Å². The van der Waals surface area contributed by atoms with Crippen LogP contribution >= 0.6 is 0 Å². The molecule has 0 saturated carbocycles. The molecule has 0 saturated heterocycles. The van der Waals surface area contributed by atoms with Crippen LogP contribution < -0.4 is 0 Å². The number of unbranched alkanes of at least 4 members (excludes halogenated alkanes) is 2. The maximum Gasteiger partial charge on any atom is 0.311 e. The first-order valence-electron chi connectivity index (χ1n) is 5.86. The van der Waals surface area contributed by atoms with Gasteiger partial charge in [0, 0.05) is 12.3 Å². The van der Waals surface area contributed by atoms with Crippen LogP contribution in [0.5, 0.6) is 0 Å². The van der Waals surface area contributed by atoms with Gasteiger partial charge in [0.1, 0.15) is 0 Å². The molecular formula is C12H23NO2. The fraction of sp³-hybridized carbons (Fsp3) is 0.833. The normalized spacial score (nSPS) is 11.5. The molecule has 0 aromatic carbocycles. The molecule has 3 heteroatoms. The summed E-state index contributed by atoms with van der Waals surface area (Å²) in [4.78, 5) is 15.6. The first-order valence-corrected chi connectivity index (χ1v) is 5.86.